The van der Waals surface area contributed by atoms with Crippen LogP contribution in [-0.2, 0) is 11.3 Å². The van der Waals surface area contributed by atoms with Gasteiger partial charge in [-0.3, -0.25) is 9.69 Å². The van der Waals surface area contributed by atoms with Crippen LogP contribution in [0.5, 0.6) is 5.75 Å². The molecule has 1 aliphatic rings. The Hall–Kier alpha value is -1.75. The lowest BCUT2D eigenvalue weighted by atomic mass is 9.97. The summed E-state index contributed by atoms with van der Waals surface area (Å²) in [7, 11) is 1.60. The summed E-state index contributed by atoms with van der Waals surface area (Å²) in [5.41, 5.74) is 13.0. The fraction of sp³-hybridized carbons (Fsp3) is 0.500. The number of amides is 1. The molecule has 1 aliphatic heterocycles. The number of piperidine rings is 1. The van der Waals surface area contributed by atoms with E-state index in [1.807, 2.05) is 18.2 Å². The van der Waals surface area contributed by atoms with Gasteiger partial charge in [-0.15, -0.1) is 0 Å². The highest BCUT2D eigenvalue weighted by atomic mass is 16.5. The summed E-state index contributed by atoms with van der Waals surface area (Å²) in [6, 6.07) is 5.80. The number of nitrogens with two attached hydrogens (primary N) is 2. The Kier molecular flexibility index (Phi) is 4.27. The van der Waals surface area contributed by atoms with E-state index in [0.29, 0.717) is 11.4 Å². The van der Waals surface area contributed by atoms with E-state index in [4.69, 9.17) is 16.2 Å². The van der Waals surface area contributed by atoms with Crippen LogP contribution < -0.4 is 16.2 Å². The Balaban J connectivity index is 2.00. The predicted molar refractivity (Wildman–Crippen MR) is 74.6 cm³/mol. The number of ether oxygens (including phenoxy) is 1. The van der Waals surface area contributed by atoms with Crippen LogP contribution in [0, 0.1) is 5.92 Å². The van der Waals surface area contributed by atoms with E-state index in [9.17, 15) is 4.79 Å². The molecule has 1 saturated heterocycles. The zero-order valence-electron chi connectivity index (χ0n) is 11.3. The second kappa shape index (κ2) is 5.93. The third-order valence-corrected chi connectivity index (χ3v) is 3.61. The van der Waals surface area contributed by atoms with Gasteiger partial charge in [-0.05, 0) is 37.1 Å². The van der Waals surface area contributed by atoms with Gasteiger partial charge in [0.05, 0.1) is 18.7 Å². The zero-order chi connectivity index (χ0) is 13.8. The van der Waals surface area contributed by atoms with Crippen LogP contribution in [0.4, 0.5) is 5.69 Å². The van der Waals surface area contributed by atoms with Gasteiger partial charge in [-0.2, -0.15) is 0 Å². The largest absolute Gasteiger partial charge is 0.495 e. The van der Waals surface area contributed by atoms with E-state index >= 15 is 0 Å². The van der Waals surface area contributed by atoms with E-state index in [0.717, 1.165) is 38.0 Å². The molecule has 0 saturated carbocycles. The summed E-state index contributed by atoms with van der Waals surface area (Å²) in [6.45, 7) is 2.52. The molecule has 2 rings (SSSR count). The van der Waals surface area contributed by atoms with Crippen LogP contribution in [0.25, 0.3) is 0 Å². The predicted octanol–water partition coefficient (Wildman–Crippen LogP) is 0.975. The average molecular weight is 263 g/mol. The van der Waals surface area contributed by atoms with E-state index in [1.165, 1.54) is 0 Å². The first-order valence-electron chi connectivity index (χ1n) is 6.54. The number of hydrogen-bond donors (Lipinski definition) is 2. The highest BCUT2D eigenvalue weighted by molar-refractivity contribution is 5.76. The van der Waals surface area contributed by atoms with Gasteiger partial charge in [0.2, 0.25) is 5.91 Å². The lowest BCUT2D eigenvalue weighted by molar-refractivity contribution is -0.123. The number of nitrogens with zero attached hydrogens (tertiary/aromatic N) is 1. The van der Waals surface area contributed by atoms with Crippen LogP contribution in [-0.4, -0.2) is 31.0 Å². The molecule has 19 heavy (non-hydrogen) atoms. The Morgan fingerprint density at radius 3 is 2.95 bits per heavy atom. The van der Waals surface area contributed by atoms with E-state index in [-0.39, 0.29) is 11.8 Å². The van der Waals surface area contributed by atoms with Crippen molar-refractivity contribution < 1.29 is 9.53 Å². The number of hydrogen-bond acceptors (Lipinski definition) is 4. The number of benzene rings is 1. The molecule has 5 heteroatoms. The first-order valence-corrected chi connectivity index (χ1v) is 6.54. The number of primary amides is 1. The number of anilines is 1. The minimum Gasteiger partial charge on any atom is -0.495 e. The lowest BCUT2D eigenvalue weighted by Gasteiger charge is -2.31. The molecule has 104 valence electrons. The van der Waals surface area contributed by atoms with E-state index in [2.05, 4.69) is 4.90 Å². The van der Waals surface area contributed by atoms with Crippen LogP contribution >= 0.6 is 0 Å². The number of likely N-dealkylation sites (tertiary alicyclic amines) is 1. The first kappa shape index (κ1) is 13.7. The third-order valence-electron chi connectivity index (χ3n) is 3.61. The molecule has 1 amide bonds. The molecule has 1 fully saturated rings. The van der Waals surface area contributed by atoms with Crippen LogP contribution in [0.3, 0.4) is 0 Å². The van der Waals surface area contributed by atoms with Crippen LogP contribution in [0.1, 0.15) is 18.4 Å². The van der Waals surface area contributed by atoms with Crippen molar-refractivity contribution in [3.63, 3.8) is 0 Å². The molecule has 1 unspecified atom stereocenters. The maximum absolute atomic E-state index is 11.2. The normalized spacial score (nSPS) is 20.2. The minimum absolute atomic E-state index is 0.0238. The number of rotatable bonds is 4. The monoisotopic (exact) mass is 263 g/mol. The maximum Gasteiger partial charge on any atom is 0.221 e. The Labute approximate surface area is 113 Å². The second-order valence-electron chi connectivity index (χ2n) is 5.05. The van der Waals surface area contributed by atoms with Gasteiger partial charge in [-0.1, -0.05) is 6.07 Å². The summed E-state index contributed by atoms with van der Waals surface area (Å²) in [4.78, 5) is 13.5. The first-order chi connectivity index (χ1) is 9.10. The van der Waals surface area contributed by atoms with Crippen LogP contribution in [0.15, 0.2) is 18.2 Å². The Bertz CT molecular complexity index is 462. The van der Waals surface area contributed by atoms with Gasteiger partial charge in [0.25, 0.3) is 0 Å². The zero-order valence-corrected chi connectivity index (χ0v) is 11.3. The molecule has 0 aliphatic carbocycles. The molecule has 0 bridgehead atoms. The molecule has 0 radical (unpaired) electrons. The Morgan fingerprint density at radius 2 is 2.32 bits per heavy atom. The highest BCUT2D eigenvalue weighted by Crippen LogP contribution is 2.24. The van der Waals surface area contributed by atoms with Crippen molar-refractivity contribution >= 4 is 11.6 Å². The summed E-state index contributed by atoms with van der Waals surface area (Å²) in [6.07, 6.45) is 1.91. The smallest absolute Gasteiger partial charge is 0.221 e. The van der Waals surface area contributed by atoms with Crippen molar-refractivity contribution in [2.75, 3.05) is 25.9 Å². The molecule has 1 atom stereocenters. The van der Waals surface area contributed by atoms with Crippen molar-refractivity contribution in [1.82, 2.24) is 4.90 Å². The number of carbonyl (C=O) groups excluding carboxylic acids is 1. The number of nitrogen functional groups attached to an aromatic ring is 1. The van der Waals surface area contributed by atoms with Crippen molar-refractivity contribution in [1.29, 1.82) is 0 Å². The van der Waals surface area contributed by atoms with Gasteiger partial charge >= 0.3 is 0 Å². The molecule has 0 spiro atoms. The molecule has 1 aromatic rings. The molecular formula is C14H21N3O2. The number of methoxy groups -OCH3 is 1. The molecule has 4 N–H and O–H groups in total. The van der Waals surface area contributed by atoms with Gasteiger partial charge in [0, 0.05) is 13.1 Å². The average Bonchev–Trinajstić information content (AvgIpc) is 2.39. The topological polar surface area (TPSA) is 81.6 Å². The van der Waals surface area contributed by atoms with Gasteiger partial charge < -0.3 is 16.2 Å². The van der Waals surface area contributed by atoms with Gasteiger partial charge in [0.15, 0.2) is 0 Å². The second-order valence-corrected chi connectivity index (χ2v) is 5.05. The molecular weight excluding hydrogens is 242 g/mol. The fourth-order valence-corrected chi connectivity index (χ4v) is 2.57. The number of carbonyl (C=O) groups is 1. The molecule has 5 nitrogen and oxygen atoms in total. The van der Waals surface area contributed by atoms with E-state index in [1.54, 1.807) is 7.11 Å². The molecule has 1 aromatic carbocycles. The van der Waals surface area contributed by atoms with Crippen LogP contribution in [0.2, 0.25) is 0 Å². The maximum atomic E-state index is 11.2. The van der Waals surface area contributed by atoms with Crippen molar-refractivity contribution in [3.8, 4) is 5.75 Å². The van der Waals surface area contributed by atoms with Crippen molar-refractivity contribution in [3.05, 3.63) is 23.8 Å². The minimum atomic E-state index is -0.195. The summed E-state index contributed by atoms with van der Waals surface area (Å²) in [5, 5.41) is 0. The highest BCUT2D eigenvalue weighted by Gasteiger charge is 2.23. The quantitative estimate of drug-likeness (QED) is 0.793. The summed E-state index contributed by atoms with van der Waals surface area (Å²) in [5.74, 6) is 0.473. The SMILES string of the molecule is COc1ccc(CN2CCCC(C(N)=O)C2)cc1N. The Morgan fingerprint density at radius 1 is 1.53 bits per heavy atom. The fourth-order valence-electron chi connectivity index (χ4n) is 2.57. The standard InChI is InChI=1S/C14H21N3O2/c1-19-13-5-4-10(7-12(13)15)8-17-6-2-3-11(9-17)14(16)18/h4-5,7,11H,2-3,6,8-9,15H2,1H3,(H2,16,18). The lowest BCUT2D eigenvalue weighted by Crippen LogP contribution is -2.40. The molecule has 0 aromatic heterocycles. The van der Waals surface area contributed by atoms with Gasteiger partial charge in [0.1, 0.15) is 5.75 Å². The summed E-state index contributed by atoms with van der Waals surface area (Å²) >= 11 is 0. The third kappa shape index (κ3) is 3.38. The van der Waals surface area contributed by atoms with Crippen molar-refractivity contribution in [2.45, 2.75) is 19.4 Å². The van der Waals surface area contributed by atoms with E-state index < -0.39 is 0 Å². The van der Waals surface area contributed by atoms with Gasteiger partial charge in [-0.25, -0.2) is 0 Å². The molecule has 1 heterocycles. The summed E-state index contributed by atoms with van der Waals surface area (Å²) < 4.78 is 5.14. The van der Waals surface area contributed by atoms with Crippen molar-refractivity contribution in [2.24, 2.45) is 11.7 Å².